The Bertz CT molecular complexity index is 1260. The van der Waals surface area contributed by atoms with E-state index in [2.05, 4.69) is 27.0 Å². The van der Waals surface area contributed by atoms with E-state index in [9.17, 15) is 14.3 Å². The molecule has 2 aliphatic rings. The number of carbonyl (C=O) groups excluding carboxylic acids is 1. The Morgan fingerprint density at radius 2 is 1.94 bits per heavy atom. The summed E-state index contributed by atoms with van der Waals surface area (Å²) in [7, 11) is 3.63. The fraction of sp³-hybridized carbons (Fsp3) is 0.429. The van der Waals surface area contributed by atoms with E-state index in [0.29, 0.717) is 23.9 Å². The number of likely N-dealkylation sites (tertiary alicyclic amines) is 1. The van der Waals surface area contributed by atoms with Crippen LogP contribution in [0.4, 0.5) is 4.39 Å². The highest BCUT2D eigenvalue weighted by Crippen LogP contribution is 2.40. The normalized spacial score (nSPS) is 19.6. The van der Waals surface area contributed by atoms with Gasteiger partial charge in [0.1, 0.15) is 17.2 Å². The second kappa shape index (κ2) is 9.82. The summed E-state index contributed by atoms with van der Waals surface area (Å²) in [6.07, 6.45) is 9.60. The first kappa shape index (κ1) is 23.5. The average molecular weight is 477 g/mol. The number of amides is 1. The first-order chi connectivity index (χ1) is 16.9. The third-order valence-electron chi connectivity index (χ3n) is 7.73. The lowest BCUT2D eigenvalue weighted by molar-refractivity contribution is -0.130. The summed E-state index contributed by atoms with van der Waals surface area (Å²) in [5.41, 5.74) is 4.32. The predicted molar refractivity (Wildman–Crippen MR) is 136 cm³/mol. The molecule has 0 radical (unpaired) electrons. The molecule has 0 saturated carbocycles. The van der Waals surface area contributed by atoms with Crippen molar-refractivity contribution >= 4 is 22.5 Å². The zero-order valence-corrected chi connectivity index (χ0v) is 20.4. The number of hydrogen-bond acceptors (Lipinski definition) is 4. The van der Waals surface area contributed by atoms with Crippen LogP contribution in [0.5, 0.6) is 5.75 Å². The molecule has 1 aromatic carbocycles. The number of phenols is 1. The third-order valence-corrected chi connectivity index (χ3v) is 7.73. The molecule has 1 aliphatic carbocycles. The van der Waals surface area contributed by atoms with Crippen molar-refractivity contribution in [2.45, 2.75) is 32.1 Å². The number of halogens is 1. The Hall–Kier alpha value is -3.19. The molecule has 1 fully saturated rings. The maximum atomic E-state index is 13.9. The molecule has 1 aliphatic heterocycles. The molecule has 3 aromatic rings. The zero-order chi connectivity index (χ0) is 24.5. The number of hydrogen-bond donors (Lipinski definition) is 2. The largest absolute Gasteiger partial charge is 0.507 e. The number of fused-ring (bicyclic) bond motifs is 1. The molecular formula is C28H33FN4O2. The molecule has 7 heteroatoms. The van der Waals surface area contributed by atoms with E-state index in [1.54, 1.807) is 11.1 Å². The number of H-pyrrole nitrogens is 1. The Kier molecular flexibility index (Phi) is 6.60. The van der Waals surface area contributed by atoms with E-state index in [1.165, 1.54) is 23.8 Å². The van der Waals surface area contributed by atoms with Gasteiger partial charge in [0.15, 0.2) is 0 Å². The number of allylic oxidation sites excluding steroid dienone is 2. The molecule has 0 spiro atoms. The SMILES string of the molecule is CN(C)C(=O)CN1CCC(C2CC=C(c3cc4c(-c5cc(F)ccc5O)ccnc4[nH]3)CC2)CC1. The van der Waals surface area contributed by atoms with Gasteiger partial charge in [-0.15, -0.1) is 0 Å². The Morgan fingerprint density at radius 1 is 1.14 bits per heavy atom. The van der Waals surface area contributed by atoms with Crippen LogP contribution < -0.4 is 0 Å². The van der Waals surface area contributed by atoms with E-state index in [-0.39, 0.29) is 17.5 Å². The van der Waals surface area contributed by atoms with Gasteiger partial charge in [-0.1, -0.05) is 6.08 Å². The number of nitrogens with one attached hydrogen (secondary N) is 1. The summed E-state index contributed by atoms with van der Waals surface area (Å²) in [4.78, 5) is 23.9. The van der Waals surface area contributed by atoms with Crippen LogP contribution in [0.1, 0.15) is 37.8 Å². The van der Waals surface area contributed by atoms with Crippen molar-refractivity contribution in [1.82, 2.24) is 19.8 Å². The van der Waals surface area contributed by atoms with Crippen molar-refractivity contribution in [3.8, 4) is 16.9 Å². The van der Waals surface area contributed by atoms with Crippen molar-refractivity contribution in [3.05, 3.63) is 54.1 Å². The summed E-state index contributed by atoms with van der Waals surface area (Å²) in [6, 6.07) is 7.91. The minimum atomic E-state index is -0.380. The number of piperidine rings is 1. The molecule has 1 saturated heterocycles. The summed E-state index contributed by atoms with van der Waals surface area (Å²) in [6.45, 7) is 2.53. The van der Waals surface area contributed by atoms with Crippen molar-refractivity contribution in [3.63, 3.8) is 0 Å². The Labute approximate surface area is 205 Å². The molecule has 0 bridgehead atoms. The first-order valence-electron chi connectivity index (χ1n) is 12.5. The van der Waals surface area contributed by atoms with Crippen LogP contribution in [-0.4, -0.2) is 64.5 Å². The number of rotatable bonds is 5. The van der Waals surface area contributed by atoms with Gasteiger partial charge in [-0.2, -0.15) is 0 Å². The first-order valence-corrected chi connectivity index (χ1v) is 12.5. The van der Waals surface area contributed by atoms with Gasteiger partial charge >= 0.3 is 0 Å². The highest BCUT2D eigenvalue weighted by Gasteiger charge is 2.29. The fourth-order valence-corrected chi connectivity index (χ4v) is 5.60. The Morgan fingerprint density at radius 3 is 2.66 bits per heavy atom. The molecule has 1 amide bonds. The van der Waals surface area contributed by atoms with Crippen LogP contribution in [0.2, 0.25) is 0 Å². The maximum Gasteiger partial charge on any atom is 0.236 e. The van der Waals surface area contributed by atoms with Crippen molar-refractivity contribution in [2.24, 2.45) is 11.8 Å². The number of carbonyl (C=O) groups is 1. The van der Waals surface area contributed by atoms with E-state index >= 15 is 0 Å². The lowest BCUT2D eigenvalue weighted by atomic mass is 9.76. The van der Waals surface area contributed by atoms with Gasteiger partial charge < -0.3 is 15.0 Å². The average Bonchev–Trinajstić information content (AvgIpc) is 3.31. The molecule has 1 atom stereocenters. The molecule has 2 aromatic heterocycles. The van der Waals surface area contributed by atoms with E-state index in [0.717, 1.165) is 67.5 Å². The molecule has 2 N–H and O–H groups in total. The molecule has 35 heavy (non-hydrogen) atoms. The lowest BCUT2D eigenvalue weighted by Crippen LogP contribution is -2.42. The van der Waals surface area contributed by atoms with Crippen LogP contribution in [0.3, 0.4) is 0 Å². The summed E-state index contributed by atoms with van der Waals surface area (Å²) >= 11 is 0. The lowest BCUT2D eigenvalue weighted by Gasteiger charge is -2.37. The number of benzene rings is 1. The quantitative estimate of drug-likeness (QED) is 0.540. The van der Waals surface area contributed by atoms with Gasteiger partial charge in [-0.25, -0.2) is 9.37 Å². The van der Waals surface area contributed by atoms with Crippen molar-refractivity contribution < 1.29 is 14.3 Å². The van der Waals surface area contributed by atoms with Crippen molar-refractivity contribution in [2.75, 3.05) is 33.7 Å². The second-order valence-corrected chi connectivity index (χ2v) is 10.1. The number of aromatic hydroxyl groups is 1. The smallest absolute Gasteiger partial charge is 0.236 e. The van der Waals surface area contributed by atoms with E-state index in [1.807, 2.05) is 20.2 Å². The van der Waals surface area contributed by atoms with Crippen LogP contribution in [0, 0.1) is 17.7 Å². The summed E-state index contributed by atoms with van der Waals surface area (Å²) < 4.78 is 13.9. The minimum absolute atomic E-state index is 0.0542. The minimum Gasteiger partial charge on any atom is -0.507 e. The number of likely N-dealkylation sites (N-methyl/N-ethyl adjacent to an activating group) is 1. The molecule has 6 nitrogen and oxygen atoms in total. The second-order valence-electron chi connectivity index (χ2n) is 10.1. The standard InChI is InChI=1S/C28H33FN4O2/c1-32(2)27(35)17-33-13-10-19(11-14-33)18-3-5-20(6-4-18)25-16-24-22(9-12-30-28(24)31-25)23-15-21(29)7-8-26(23)34/h5,7-9,12,15-16,18-19,34H,3-4,6,10-11,13-14,17H2,1-2H3,(H,30,31). The molecule has 5 rings (SSSR count). The predicted octanol–water partition coefficient (Wildman–Crippen LogP) is 5.06. The number of pyridine rings is 1. The molecule has 3 heterocycles. The third kappa shape index (κ3) is 4.96. The topological polar surface area (TPSA) is 72.5 Å². The van der Waals surface area contributed by atoms with Crippen molar-refractivity contribution in [1.29, 1.82) is 0 Å². The summed E-state index contributed by atoms with van der Waals surface area (Å²) in [5, 5.41) is 11.2. The van der Waals surface area contributed by atoms with Crippen LogP contribution >= 0.6 is 0 Å². The van der Waals surface area contributed by atoms with Gasteiger partial charge in [0, 0.05) is 36.9 Å². The fourth-order valence-electron chi connectivity index (χ4n) is 5.60. The monoisotopic (exact) mass is 476 g/mol. The van der Waals surface area contributed by atoms with Crippen LogP contribution in [0.15, 0.2) is 42.6 Å². The number of aromatic nitrogens is 2. The van der Waals surface area contributed by atoms with E-state index < -0.39 is 0 Å². The number of phenolic OH excluding ortho intramolecular Hbond substituents is 1. The van der Waals surface area contributed by atoms with Gasteiger partial charge in [-0.3, -0.25) is 9.69 Å². The van der Waals surface area contributed by atoms with E-state index in [4.69, 9.17) is 0 Å². The maximum absolute atomic E-state index is 13.9. The van der Waals surface area contributed by atoms with Crippen LogP contribution in [-0.2, 0) is 4.79 Å². The number of nitrogens with zero attached hydrogens (tertiary/aromatic N) is 3. The van der Waals surface area contributed by atoms with Gasteiger partial charge in [-0.05, 0) is 98.5 Å². The van der Waals surface area contributed by atoms with Crippen LogP contribution in [0.25, 0.3) is 27.7 Å². The van der Waals surface area contributed by atoms with Gasteiger partial charge in [0.05, 0.1) is 6.54 Å². The number of aromatic amines is 1. The zero-order valence-electron chi connectivity index (χ0n) is 20.4. The molecule has 1 unspecified atom stereocenters. The molecule has 184 valence electrons. The highest BCUT2D eigenvalue weighted by molar-refractivity contribution is 5.96. The Balaban J connectivity index is 1.27. The highest BCUT2D eigenvalue weighted by atomic mass is 19.1. The molecular weight excluding hydrogens is 443 g/mol. The van der Waals surface area contributed by atoms with Gasteiger partial charge in [0.2, 0.25) is 5.91 Å². The van der Waals surface area contributed by atoms with Gasteiger partial charge in [0.25, 0.3) is 0 Å². The summed E-state index contributed by atoms with van der Waals surface area (Å²) in [5.74, 6) is 1.25.